The minimum atomic E-state index is -4.87. The van der Waals surface area contributed by atoms with E-state index in [4.69, 9.17) is 14.2 Å². The normalized spacial score (nSPS) is 15.4. The number of sulfonamides is 1. The standard InChI is InChI=1S/C28H28F2N2O7S/c29-28(30,32(17-22-12-6-2-7-13-22)40(35,36)24-14-8-3-9-15-24)26(33)25(16-21-10-4-1-5-11-21)31-27(34)39-23-18-37-20-38-19-23/h1-15,23,25H,16-20H2,(H,31,34)/t25-/m0/s1. The number of Topliss-reactive ketones (excluding diaryl/α,β-unsaturated/α-hetero) is 1. The van der Waals surface area contributed by atoms with E-state index in [1.165, 1.54) is 42.5 Å². The van der Waals surface area contributed by atoms with E-state index in [1.54, 1.807) is 48.5 Å². The third-order valence-electron chi connectivity index (χ3n) is 6.05. The second kappa shape index (κ2) is 13.1. The van der Waals surface area contributed by atoms with Gasteiger partial charge < -0.3 is 19.5 Å². The predicted octanol–water partition coefficient (Wildman–Crippen LogP) is 3.75. The van der Waals surface area contributed by atoms with Gasteiger partial charge in [-0.15, -0.1) is 4.31 Å². The van der Waals surface area contributed by atoms with Crippen molar-refractivity contribution in [2.75, 3.05) is 20.0 Å². The molecule has 1 heterocycles. The highest BCUT2D eigenvalue weighted by atomic mass is 32.2. The molecular formula is C28H28F2N2O7S. The first-order chi connectivity index (χ1) is 19.2. The van der Waals surface area contributed by atoms with Crippen LogP contribution in [0, 0.1) is 0 Å². The van der Waals surface area contributed by atoms with Crippen molar-refractivity contribution in [2.24, 2.45) is 0 Å². The van der Waals surface area contributed by atoms with Gasteiger partial charge in [-0.05, 0) is 23.3 Å². The predicted molar refractivity (Wildman–Crippen MR) is 140 cm³/mol. The average molecular weight is 575 g/mol. The molecule has 40 heavy (non-hydrogen) atoms. The number of benzene rings is 3. The zero-order valence-electron chi connectivity index (χ0n) is 21.3. The molecular weight excluding hydrogens is 546 g/mol. The first-order valence-corrected chi connectivity index (χ1v) is 13.8. The number of ketones is 1. The number of carbonyl (C=O) groups is 2. The Kier molecular flexibility index (Phi) is 9.58. The monoisotopic (exact) mass is 574 g/mol. The first-order valence-electron chi connectivity index (χ1n) is 12.4. The van der Waals surface area contributed by atoms with Gasteiger partial charge in [0, 0.05) is 13.0 Å². The maximum atomic E-state index is 16.2. The number of nitrogens with zero attached hydrogens (tertiary/aromatic N) is 1. The molecule has 0 aromatic heterocycles. The molecule has 0 radical (unpaired) electrons. The van der Waals surface area contributed by atoms with Crippen LogP contribution < -0.4 is 5.32 Å². The smallest absolute Gasteiger partial charge is 0.408 e. The molecule has 212 valence electrons. The molecule has 1 amide bonds. The van der Waals surface area contributed by atoms with Gasteiger partial charge in [-0.2, -0.15) is 8.78 Å². The number of alkyl halides is 2. The van der Waals surface area contributed by atoms with Crippen LogP contribution in [0.15, 0.2) is 95.9 Å². The van der Waals surface area contributed by atoms with Crippen LogP contribution in [0.3, 0.4) is 0 Å². The number of halogens is 2. The number of nitrogens with one attached hydrogen (secondary N) is 1. The third-order valence-corrected chi connectivity index (χ3v) is 7.86. The van der Waals surface area contributed by atoms with Crippen molar-refractivity contribution in [1.29, 1.82) is 0 Å². The van der Waals surface area contributed by atoms with Crippen molar-refractivity contribution >= 4 is 21.9 Å². The summed E-state index contributed by atoms with van der Waals surface area (Å²) in [6.07, 6.45) is -2.30. The van der Waals surface area contributed by atoms with Gasteiger partial charge in [0.05, 0.1) is 18.1 Å². The molecule has 0 spiro atoms. The average Bonchev–Trinajstić information content (AvgIpc) is 2.97. The molecule has 1 N–H and O–H groups in total. The molecule has 0 aliphatic carbocycles. The molecule has 1 saturated heterocycles. The minimum Gasteiger partial charge on any atom is -0.441 e. The summed E-state index contributed by atoms with van der Waals surface area (Å²) >= 11 is 0. The Hall–Kier alpha value is -3.71. The maximum Gasteiger partial charge on any atom is 0.408 e. The molecule has 0 unspecified atom stereocenters. The molecule has 3 aromatic rings. The quantitative estimate of drug-likeness (QED) is 0.347. The molecule has 3 aromatic carbocycles. The van der Waals surface area contributed by atoms with E-state index in [0.29, 0.717) is 5.56 Å². The van der Waals surface area contributed by atoms with Crippen LogP contribution in [-0.2, 0) is 42.0 Å². The molecule has 1 aliphatic heterocycles. The maximum absolute atomic E-state index is 16.2. The summed E-state index contributed by atoms with van der Waals surface area (Å²) in [5, 5.41) is 2.21. The second-order valence-corrected chi connectivity index (χ2v) is 10.9. The van der Waals surface area contributed by atoms with Crippen molar-refractivity contribution in [1.82, 2.24) is 9.62 Å². The van der Waals surface area contributed by atoms with Crippen LogP contribution in [0.5, 0.6) is 0 Å². The third kappa shape index (κ3) is 7.27. The molecule has 9 nitrogen and oxygen atoms in total. The van der Waals surface area contributed by atoms with E-state index >= 15 is 8.78 Å². The molecule has 12 heteroatoms. The lowest BCUT2D eigenvalue weighted by atomic mass is 10.0. The van der Waals surface area contributed by atoms with Crippen LogP contribution in [0.4, 0.5) is 13.6 Å². The topological polar surface area (TPSA) is 111 Å². The van der Waals surface area contributed by atoms with E-state index < -0.39 is 51.5 Å². The fraction of sp³-hybridized carbons (Fsp3) is 0.286. The van der Waals surface area contributed by atoms with E-state index in [-0.39, 0.29) is 36.3 Å². The van der Waals surface area contributed by atoms with Crippen LogP contribution in [0.2, 0.25) is 0 Å². The highest BCUT2D eigenvalue weighted by Gasteiger charge is 2.54. The molecule has 1 fully saturated rings. The lowest BCUT2D eigenvalue weighted by Crippen LogP contribution is -2.58. The van der Waals surface area contributed by atoms with Gasteiger partial charge in [0.1, 0.15) is 12.8 Å². The van der Waals surface area contributed by atoms with Crippen molar-refractivity contribution < 1.29 is 41.0 Å². The van der Waals surface area contributed by atoms with Crippen molar-refractivity contribution in [3.05, 3.63) is 102 Å². The molecule has 0 bridgehead atoms. The number of hydrogen-bond acceptors (Lipinski definition) is 7. The van der Waals surface area contributed by atoms with E-state index in [0.717, 1.165) is 0 Å². The van der Waals surface area contributed by atoms with Gasteiger partial charge in [0.25, 0.3) is 0 Å². The summed E-state index contributed by atoms with van der Waals surface area (Å²) in [4.78, 5) is 25.8. The summed E-state index contributed by atoms with van der Waals surface area (Å²) in [5.74, 6) is -1.82. The number of rotatable bonds is 11. The lowest BCUT2D eigenvalue weighted by Gasteiger charge is -2.32. The van der Waals surface area contributed by atoms with Gasteiger partial charge in [0.15, 0.2) is 6.10 Å². The molecule has 0 saturated carbocycles. The van der Waals surface area contributed by atoms with E-state index in [9.17, 15) is 18.0 Å². The van der Waals surface area contributed by atoms with Gasteiger partial charge >= 0.3 is 12.1 Å². The summed E-state index contributed by atoms with van der Waals surface area (Å²) < 4.78 is 74.5. The number of ether oxygens (including phenoxy) is 3. The fourth-order valence-corrected chi connectivity index (χ4v) is 5.52. The largest absolute Gasteiger partial charge is 0.441 e. The summed E-state index contributed by atoms with van der Waals surface area (Å²) in [5.41, 5.74) is 0.695. The lowest BCUT2D eigenvalue weighted by molar-refractivity contribution is -0.165. The number of hydrogen-bond donors (Lipinski definition) is 1. The molecule has 1 aliphatic rings. The SMILES string of the molecule is O=C(N[C@@H](Cc1ccccc1)C(=O)C(F)(F)N(Cc1ccccc1)S(=O)(=O)c1ccccc1)OC1COCOC1. The van der Waals surface area contributed by atoms with Gasteiger partial charge in [-0.25, -0.2) is 13.2 Å². The number of amides is 1. The van der Waals surface area contributed by atoms with Crippen molar-refractivity contribution in [3.8, 4) is 0 Å². The zero-order valence-corrected chi connectivity index (χ0v) is 22.1. The summed E-state index contributed by atoms with van der Waals surface area (Å²) in [6.45, 7) is -0.714. The van der Waals surface area contributed by atoms with Gasteiger partial charge in [-0.1, -0.05) is 78.9 Å². The Morgan fingerprint density at radius 3 is 2.00 bits per heavy atom. The Bertz CT molecular complexity index is 1370. The fourth-order valence-electron chi connectivity index (χ4n) is 4.06. The van der Waals surface area contributed by atoms with Crippen molar-refractivity contribution in [3.63, 3.8) is 0 Å². The van der Waals surface area contributed by atoms with Crippen LogP contribution in [0.25, 0.3) is 0 Å². The Morgan fingerprint density at radius 2 is 1.43 bits per heavy atom. The van der Waals surface area contributed by atoms with E-state index in [2.05, 4.69) is 5.32 Å². The summed E-state index contributed by atoms with van der Waals surface area (Å²) in [7, 11) is -4.87. The van der Waals surface area contributed by atoms with Crippen LogP contribution in [-0.4, -0.2) is 62.8 Å². The van der Waals surface area contributed by atoms with Crippen molar-refractivity contribution in [2.45, 2.75) is 36.1 Å². The molecule has 1 atom stereocenters. The highest BCUT2D eigenvalue weighted by molar-refractivity contribution is 7.89. The van der Waals surface area contributed by atoms with Crippen LogP contribution in [0.1, 0.15) is 11.1 Å². The minimum absolute atomic E-state index is 0.0238. The molecule has 4 rings (SSSR count). The highest BCUT2D eigenvalue weighted by Crippen LogP contribution is 2.32. The van der Waals surface area contributed by atoms with Crippen LogP contribution >= 0.6 is 0 Å². The second-order valence-electron chi connectivity index (χ2n) is 8.99. The first kappa shape index (κ1) is 29.3. The summed E-state index contributed by atoms with van der Waals surface area (Å²) in [6, 6.07) is 16.2. The number of alkyl carbamates (subject to hydrolysis) is 1. The van der Waals surface area contributed by atoms with Gasteiger partial charge in [-0.3, -0.25) is 4.79 Å². The zero-order chi connectivity index (χ0) is 28.6. The Labute approximate surface area is 230 Å². The number of carbonyl (C=O) groups excluding carboxylic acids is 2. The Morgan fingerprint density at radius 1 is 0.900 bits per heavy atom. The Balaban J connectivity index is 1.67. The van der Waals surface area contributed by atoms with E-state index in [1.807, 2.05) is 0 Å². The van der Waals surface area contributed by atoms with Gasteiger partial charge in [0.2, 0.25) is 15.8 Å².